The summed E-state index contributed by atoms with van der Waals surface area (Å²) in [6, 6.07) is 3.14. The van der Waals surface area contributed by atoms with Gasteiger partial charge >= 0.3 is 6.21 Å². The fourth-order valence-electron chi connectivity index (χ4n) is 0.746. The van der Waals surface area contributed by atoms with Crippen molar-refractivity contribution in [3.05, 3.63) is 27.2 Å². The van der Waals surface area contributed by atoms with Crippen molar-refractivity contribution in [3.8, 4) is 0 Å². The van der Waals surface area contributed by atoms with Gasteiger partial charge in [-0.05, 0) is 12.1 Å². The first-order chi connectivity index (χ1) is 6.15. The molecule has 13 heavy (non-hydrogen) atoms. The first kappa shape index (κ1) is 10.6. The number of halogens is 3. The first-order valence-corrected chi connectivity index (χ1v) is 4.61. The summed E-state index contributed by atoms with van der Waals surface area (Å²) in [5, 5.41) is 5.08. The quantitative estimate of drug-likeness (QED) is 0.400. The standard InChI is InChI=1S/C8H6Cl3N2/c1-2-12-13-8-6(10)3-5(9)4-7(8)11/h2-4H,1H3/q+1. The van der Waals surface area contributed by atoms with Crippen molar-refractivity contribution in [1.29, 1.82) is 0 Å². The van der Waals surface area contributed by atoms with Gasteiger partial charge in [0.05, 0.1) is 14.8 Å². The van der Waals surface area contributed by atoms with Crippen molar-refractivity contribution in [3.63, 3.8) is 0 Å². The highest BCUT2D eigenvalue weighted by atomic mass is 35.5. The van der Waals surface area contributed by atoms with Gasteiger partial charge in [0.25, 0.3) is 0 Å². The summed E-state index contributed by atoms with van der Waals surface area (Å²) < 4.78 is 0. The molecule has 68 valence electrons. The molecule has 0 heterocycles. The molecule has 0 unspecified atom stereocenters. The van der Waals surface area contributed by atoms with E-state index in [1.165, 1.54) is 0 Å². The van der Waals surface area contributed by atoms with Crippen molar-refractivity contribution in [2.24, 2.45) is 5.11 Å². The lowest BCUT2D eigenvalue weighted by Crippen LogP contribution is -1.73. The number of nitrogens with zero attached hydrogens (tertiary/aromatic N) is 2. The Hall–Kier alpha value is -0.530. The summed E-state index contributed by atoms with van der Waals surface area (Å²) >= 11 is 17.4. The highest BCUT2D eigenvalue weighted by Gasteiger charge is 2.09. The Kier molecular flexibility index (Phi) is 3.76. The summed E-state index contributed by atoms with van der Waals surface area (Å²) in [6.07, 6.45) is 1.54. The van der Waals surface area contributed by atoms with Crippen LogP contribution in [0, 0.1) is 0 Å². The van der Waals surface area contributed by atoms with E-state index in [9.17, 15) is 0 Å². The molecule has 0 atom stereocenters. The number of hydrogen-bond acceptors (Lipinski definition) is 1. The minimum atomic E-state index is 0.392. The Morgan fingerprint density at radius 1 is 1.23 bits per heavy atom. The van der Waals surface area contributed by atoms with Crippen LogP contribution in [-0.2, 0) is 0 Å². The molecule has 0 spiro atoms. The predicted octanol–water partition coefficient (Wildman–Crippen LogP) is 4.03. The Morgan fingerprint density at radius 2 is 1.77 bits per heavy atom. The molecule has 1 aromatic rings. The molecule has 0 aromatic heterocycles. The monoisotopic (exact) mass is 235 g/mol. The largest absolute Gasteiger partial charge is 0.304 e. The molecule has 0 bridgehead atoms. The van der Waals surface area contributed by atoms with E-state index >= 15 is 0 Å². The highest BCUT2D eigenvalue weighted by molar-refractivity contribution is 6.41. The minimum Gasteiger partial charge on any atom is -0.0842 e. The van der Waals surface area contributed by atoms with E-state index in [4.69, 9.17) is 34.8 Å². The van der Waals surface area contributed by atoms with E-state index in [1.807, 2.05) is 0 Å². The van der Waals surface area contributed by atoms with E-state index in [0.717, 1.165) is 0 Å². The maximum Gasteiger partial charge on any atom is 0.304 e. The molecule has 0 radical (unpaired) electrons. The Morgan fingerprint density at radius 3 is 2.23 bits per heavy atom. The van der Waals surface area contributed by atoms with Crippen molar-refractivity contribution in [1.82, 2.24) is 0 Å². The average molecular weight is 237 g/mol. The molecule has 0 aliphatic carbocycles. The van der Waals surface area contributed by atoms with Gasteiger partial charge in [0.2, 0.25) is 0 Å². The Bertz CT molecular complexity index is 358. The zero-order valence-electron chi connectivity index (χ0n) is 6.76. The van der Waals surface area contributed by atoms with Crippen LogP contribution in [0.25, 0.3) is 0 Å². The number of benzene rings is 1. The third-order valence-corrected chi connectivity index (χ3v) is 2.05. The van der Waals surface area contributed by atoms with Gasteiger partial charge in [-0.3, -0.25) is 0 Å². The van der Waals surface area contributed by atoms with Gasteiger partial charge in [-0.1, -0.05) is 34.8 Å². The molecular formula is C8H6Cl3N2+. The first-order valence-electron chi connectivity index (χ1n) is 3.48. The van der Waals surface area contributed by atoms with Crippen LogP contribution in [0.15, 0.2) is 17.2 Å². The summed E-state index contributed by atoms with van der Waals surface area (Å²) in [5.41, 5.74) is 0.436. The lowest BCUT2D eigenvalue weighted by Gasteiger charge is -1.95. The molecule has 1 aromatic carbocycles. The number of hydrogen-bond donors (Lipinski definition) is 0. The molecule has 1 rings (SSSR count). The smallest absolute Gasteiger partial charge is 0.0842 e. The van der Waals surface area contributed by atoms with E-state index in [0.29, 0.717) is 20.8 Å². The predicted molar refractivity (Wildman–Crippen MR) is 55.6 cm³/mol. The fraction of sp³-hybridized carbons (Fsp3) is 0.125. The number of rotatable bonds is 1. The van der Waals surface area contributed by atoms with Gasteiger partial charge in [0.1, 0.15) is 5.11 Å². The van der Waals surface area contributed by atoms with Crippen molar-refractivity contribution < 1.29 is 4.79 Å². The minimum absolute atomic E-state index is 0.392. The van der Waals surface area contributed by atoms with Gasteiger partial charge in [0.15, 0.2) is 5.69 Å². The second kappa shape index (κ2) is 4.64. The highest BCUT2D eigenvalue weighted by Crippen LogP contribution is 2.35. The lowest BCUT2D eigenvalue weighted by molar-refractivity contribution is -0.0702. The van der Waals surface area contributed by atoms with E-state index < -0.39 is 0 Å². The normalized spacial score (nSPS) is 9.23. The van der Waals surface area contributed by atoms with Crippen molar-refractivity contribution in [2.75, 3.05) is 0 Å². The van der Waals surface area contributed by atoms with Crippen LogP contribution in [0.1, 0.15) is 6.92 Å². The van der Waals surface area contributed by atoms with E-state index in [-0.39, 0.29) is 0 Å². The average Bonchev–Trinajstić information content (AvgIpc) is 2.02. The van der Waals surface area contributed by atoms with Gasteiger partial charge < -0.3 is 0 Å². The molecular weight excluding hydrogens is 230 g/mol. The topological polar surface area (TPSA) is 26.5 Å². The van der Waals surface area contributed by atoms with Gasteiger partial charge in [-0.25, -0.2) is 0 Å². The SMILES string of the molecule is CC=[N+]=Nc1c(Cl)cc(Cl)cc1Cl. The molecule has 0 aliphatic heterocycles. The van der Waals surface area contributed by atoms with Crippen LogP contribution >= 0.6 is 34.8 Å². The molecule has 5 heteroatoms. The molecule has 0 amide bonds. The van der Waals surface area contributed by atoms with Crippen molar-refractivity contribution in [2.45, 2.75) is 6.92 Å². The molecule has 0 N–H and O–H groups in total. The Labute approximate surface area is 90.9 Å². The van der Waals surface area contributed by atoms with Gasteiger partial charge in [0, 0.05) is 11.9 Å². The van der Waals surface area contributed by atoms with Crippen LogP contribution < -0.4 is 0 Å². The van der Waals surface area contributed by atoms with E-state index in [2.05, 4.69) is 9.90 Å². The third kappa shape index (κ3) is 2.71. The molecule has 0 saturated carbocycles. The molecule has 0 fully saturated rings. The second-order valence-electron chi connectivity index (χ2n) is 2.19. The summed E-state index contributed by atoms with van der Waals surface area (Å²) in [5.74, 6) is 0. The van der Waals surface area contributed by atoms with Crippen LogP contribution in [0.5, 0.6) is 0 Å². The lowest BCUT2D eigenvalue weighted by atomic mass is 10.3. The fourth-order valence-corrected chi connectivity index (χ4v) is 1.64. The Balaban J connectivity index is 3.29. The third-order valence-electron chi connectivity index (χ3n) is 1.25. The van der Waals surface area contributed by atoms with Crippen LogP contribution in [0.4, 0.5) is 5.69 Å². The van der Waals surface area contributed by atoms with Crippen LogP contribution in [0.3, 0.4) is 0 Å². The summed E-state index contributed by atoms with van der Waals surface area (Å²) in [7, 11) is 0. The van der Waals surface area contributed by atoms with Crippen LogP contribution in [0.2, 0.25) is 15.1 Å². The summed E-state index contributed by atoms with van der Waals surface area (Å²) in [6.45, 7) is 1.75. The maximum absolute atomic E-state index is 5.83. The molecule has 0 aliphatic rings. The zero-order chi connectivity index (χ0) is 9.84. The van der Waals surface area contributed by atoms with Crippen LogP contribution in [-0.4, -0.2) is 11.0 Å². The van der Waals surface area contributed by atoms with Gasteiger partial charge in [-0.15, -0.1) is 0 Å². The zero-order valence-corrected chi connectivity index (χ0v) is 9.03. The molecule has 0 saturated heterocycles. The molecule has 2 nitrogen and oxygen atoms in total. The summed E-state index contributed by atoms with van der Waals surface area (Å²) in [4.78, 5) is 3.68. The second-order valence-corrected chi connectivity index (χ2v) is 3.44. The van der Waals surface area contributed by atoms with E-state index in [1.54, 1.807) is 25.3 Å². The van der Waals surface area contributed by atoms with Crippen molar-refractivity contribution >= 4 is 46.7 Å². The maximum atomic E-state index is 5.83. The van der Waals surface area contributed by atoms with Gasteiger partial charge in [-0.2, -0.15) is 0 Å².